The van der Waals surface area contributed by atoms with Crippen molar-refractivity contribution in [3.8, 4) is 0 Å². The number of hydrogen-bond acceptors (Lipinski definition) is 4. The van der Waals surface area contributed by atoms with Crippen molar-refractivity contribution >= 4 is 15.6 Å². The van der Waals surface area contributed by atoms with Crippen molar-refractivity contribution in [3.05, 3.63) is 0 Å². The van der Waals surface area contributed by atoms with E-state index < -0.39 is 15.3 Å². The summed E-state index contributed by atoms with van der Waals surface area (Å²) in [5, 5.41) is 0. The first-order chi connectivity index (χ1) is 7.14. The number of hydrogen-bond donors (Lipinski definition) is 0. The normalized spacial score (nSPS) is 26.6. The molecule has 0 spiro atoms. The van der Waals surface area contributed by atoms with Crippen molar-refractivity contribution in [1.29, 1.82) is 0 Å². The van der Waals surface area contributed by atoms with Gasteiger partial charge in [-0.1, -0.05) is 13.8 Å². The van der Waals surface area contributed by atoms with Gasteiger partial charge in [0.1, 0.15) is 5.78 Å². The predicted molar refractivity (Wildman–Crippen MR) is 64.2 cm³/mol. The molecule has 0 aromatic heterocycles. The zero-order chi connectivity index (χ0) is 12.6. The molecule has 1 saturated heterocycles. The van der Waals surface area contributed by atoms with Crippen molar-refractivity contribution < 1.29 is 13.2 Å². The quantitative estimate of drug-likeness (QED) is 0.737. The largest absolute Gasteiger partial charge is 0.299 e. The van der Waals surface area contributed by atoms with E-state index in [-0.39, 0.29) is 23.3 Å². The van der Waals surface area contributed by atoms with E-state index in [1.165, 1.54) is 0 Å². The number of carbonyl (C=O) groups excluding carboxylic acids is 1. The van der Waals surface area contributed by atoms with Gasteiger partial charge < -0.3 is 0 Å². The molecule has 0 aliphatic carbocycles. The Bertz CT molecular complexity index is 373. The number of nitrogens with zero attached hydrogens (tertiary/aromatic N) is 1. The molecule has 4 nitrogen and oxygen atoms in total. The van der Waals surface area contributed by atoms with E-state index >= 15 is 0 Å². The summed E-state index contributed by atoms with van der Waals surface area (Å²) >= 11 is 0. The summed E-state index contributed by atoms with van der Waals surface area (Å²) in [5.74, 6) is 0.569. The number of carbonyl (C=O) groups is 1. The third-order valence-electron chi connectivity index (χ3n) is 3.36. The molecular weight excluding hydrogens is 226 g/mol. The molecule has 0 N–H and O–H groups in total. The zero-order valence-electron chi connectivity index (χ0n) is 10.5. The van der Waals surface area contributed by atoms with Crippen molar-refractivity contribution in [2.75, 3.05) is 24.6 Å². The van der Waals surface area contributed by atoms with Gasteiger partial charge in [0.05, 0.1) is 11.5 Å². The fourth-order valence-electron chi connectivity index (χ4n) is 1.89. The van der Waals surface area contributed by atoms with Crippen molar-refractivity contribution in [2.45, 2.75) is 33.7 Å². The summed E-state index contributed by atoms with van der Waals surface area (Å²) < 4.78 is 22.8. The second kappa shape index (κ2) is 4.45. The van der Waals surface area contributed by atoms with Crippen molar-refractivity contribution in [1.82, 2.24) is 4.90 Å². The topological polar surface area (TPSA) is 54.5 Å². The van der Waals surface area contributed by atoms with Crippen LogP contribution >= 0.6 is 0 Å². The lowest BCUT2D eigenvalue weighted by atomic mass is 9.88. The SMILES string of the molecule is CC(=O)C(C)(C)CN1CCS(=O)(=O)CC1C. The Labute approximate surface area is 97.9 Å². The molecule has 1 aliphatic heterocycles. The van der Waals surface area contributed by atoms with Crippen LogP contribution in [-0.2, 0) is 14.6 Å². The Balaban J connectivity index is 2.68. The molecule has 16 heavy (non-hydrogen) atoms. The zero-order valence-corrected chi connectivity index (χ0v) is 11.3. The average molecular weight is 247 g/mol. The molecule has 0 bridgehead atoms. The van der Waals surface area contributed by atoms with Crippen LogP contribution in [0.2, 0.25) is 0 Å². The monoisotopic (exact) mass is 247 g/mol. The molecule has 0 aromatic carbocycles. The summed E-state index contributed by atoms with van der Waals surface area (Å²) in [6.07, 6.45) is 0. The second-order valence-corrected chi connectivity index (χ2v) is 7.60. The second-order valence-electron chi connectivity index (χ2n) is 5.37. The van der Waals surface area contributed by atoms with Gasteiger partial charge in [-0.15, -0.1) is 0 Å². The van der Waals surface area contributed by atoms with Gasteiger partial charge >= 0.3 is 0 Å². The number of rotatable bonds is 3. The molecule has 1 heterocycles. The Kier molecular flexibility index (Phi) is 3.80. The van der Waals surface area contributed by atoms with Gasteiger partial charge in [-0.2, -0.15) is 0 Å². The van der Waals surface area contributed by atoms with Crippen LogP contribution in [0.4, 0.5) is 0 Å². The van der Waals surface area contributed by atoms with Crippen molar-refractivity contribution in [2.24, 2.45) is 5.41 Å². The third kappa shape index (κ3) is 3.28. The number of sulfone groups is 1. The Hall–Kier alpha value is -0.420. The van der Waals surface area contributed by atoms with Crippen LogP contribution in [0.5, 0.6) is 0 Å². The van der Waals surface area contributed by atoms with Gasteiger partial charge in [0.15, 0.2) is 9.84 Å². The highest BCUT2D eigenvalue weighted by Gasteiger charge is 2.33. The van der Waals surface area contributed by atoms with E-state index in [0.29, 0.717) is 13.1 Å². The van der Waals surface area contributed by atoms with Crippen LogP contribution in [0.3, 0.4) is 0 Å². The fraction of sp³-hybridized carbons (Fsp3) is 0.909. The first-order valence-corrected chi connectivity index (χ1v) is 7.42. The summed E-state index contributed by atoms with van der Waals surface area (Å²) in [6.45, 7) is 8.49. The van der Waals surface area contributed by atoms with Crippen LogP contribution in [0, 0.1) is 5.41 Å². The predicted octanol–water partition coefficient (Wildman–Crippen LogP) is 0.721. The van der Waals surface area contributed by atoms with E-state index in [1.54, 1.807) is 6.92 Å². The maximum Gasteiger partial charge on any atom is 0.153 e. The number of ketones is 1. The Morgan fingerprint density at radius 2 is 2.00 bits per heavy atom. The Morgan fingerprint density at radius 3 is 2.44 bits per heavy atom. The van der Waals surface area contributed by atoms with Gasteiger partial charge in [0, 0.05) is 24.5 Å². The molecule has 0 aromatic rings. The molecule has 94 valence electrons. The summed E-state index contributed by atoms with van der Waals surface area (Å²) in [5.41, 5.74) is -0.393. The first kappa shape index (κ1) is 13.6. The van der Waals surface area contributed by atoms with E-state index in [1.807, 2.05) is 20.8 Å². The maximum absolute atomic E-state index is 11.4. The molecule has 0 saturated carbocycles. The molecule has 0 radical (unpaired) electrons. The molecule has 1 aliphatic rings. The minimum atomic E-state index is -2.87. The molecule has 1 unspecified atom stereocenters. The molecule has 5 heteroatoms. The summed E-state index contributed by atoms with van der Waals surface area (Å²) in [6, 6.07) is 0.0115. The highest BCUT2D eigenvalue weighted by Crippen LogP contribution is 2.22. The van der Waals surface area contributed by atoms with Crippen LogP contribution in [0.1, 0.15) is 27.7 Å². The van der Waals surface area contributed by atoms with E-state index in [4.69, 9.17) is 0 Å². The molecular formula is C11H21NO3S. The highest BCUT2D eigenvalue weighted by molar-refractivity contribution is 7.91. The van der Waals surface area contributed by atoms with E-state index in [2.05, 4.69) is 4.90 Å². The van der Waals surface area contributed by atoms with E-state index in [9.17, 15) is 13.2 Å². The summed E-state index contributed by atoms with van der Waals surface area (Å²) in [7, 11) is -2.87. The lowest BCUT2D eigenvalue weighted by molar-refractivity contribution is -0.126. The number of Topliss-reactive ketones (excluding diaryl/α,β-unsaturated/α-hetero) is 1. The van der Waals surface area contributed by atoms with Gasteiger partial charge in [-0.3, -0.25) is 9.69 Å². The lowest BCUT2D eigenvalue weighted by Crippen LogP contribution is -2.51. The minimum absolute atomic E-state index is 0.0115. The molecule has 1 rings (SSSR count). The lowest BCUT2D eigenvalue weighted by Gasteiger charge is -2.37. The third-order valence-corrected chi connectivity index (χ3v) is 5.15. The van der Waals surface area contributed by atoms with Crippen LogP contribution < -0.4 is 0 Å². The average Bonchev–Trinajstić information content (AvgIpc) is 2.09. The maximum atomic E-state index is 11.4. The van der Waals surface area contributed by atoms with Crippen LogP contribution in [-0.4, -0.2) is 49.7 Å². The van der Waals surface area contributed by atoms with Crippen molar-refractivity contribution in [3.63, 3.8) is 0 Å². The first-order valence-electron chi connectivity index (χ1n) is 5.59. The standard InChI is InChI=1S/C11H21NO3S/c1-9-7-16(14,15)6-5-12(9)8-11(3,4)10(2)13/h9H,5-8H2,1-4H3. The van der Waals surface area contributed by atoms with Gasteiger partial charge in [0.2, 0.25) is 0 Å². The fourth-order valence-corrected chi connectivity index (χ4v) is 3.51. The smallest absolute Gasteiger partial charge is 0.153 e. The minimum Gasteiger partial charge on any atom is -0.299 e. The molecule has 1 atom stereocenters. The van der Waals surface area contributed by atoms with Gasteiger partial charge in [0.25, 0.3) is 0 Å². The Morgan fingerprint density at radius 1 is 1.44 bits per heavy atom. The van der Waals surface area contributed by atoms with Crippen LogP contribution in [0.15, 0.2) is 0 Å². The van der Waals surface area contributed by atoms with Gasteiger partial charge in [-0.25, -0.2) is 8.42 Å². The summed E-state index contributed by atoms with van der Waals surface area (Å²) in [4.78, 5) is 13.5. The highest BCUT2D eigenvalue weighted by atomic mass is 32.2. The van der Waals surface area contributed by atoms with Gasteiger partial charge in [-0.05, 0) is 13.8 Å². The van der Waals surface area contributed by atoms with E-state index in [0.717, 1.165) is 0 Å². The van der Waals surface area contributed by atoms with Crippen LogP contribution in [0.25, 0.3) is 0 Å². The molecule has 0 amide bonds. The molecule has 1 fully saturated rings.